The molecule has 2 saturated heterocycles. The summed E-state index contributed by atoms with van der Waals surface area (Å²) in [5.41, 5.74) is 1.72. The first-order valence-electron chi connectivity index (χ1n) is 16.0. The second-order valence-electron chi connectivity index (χ2n) is 12.4. The number of halogens is 3. The minimum atomic E-state index is -0.541. The molecule has 3 aromatic carbocycles. The van der Waals surface area contributed by atoms with E-state index in [-0.39, 0.29) is 34.1 Å². The summed E-state index contributed by atoms with van der Waals surface area (Å²) in [6.07, 6.45) is 8.55. The van der Waals surface area contributed by atoms with Crippen LogP contribution < -0.4 is 4.74 Å². The van der Waals surface area contributed by atoms with E-state index in [9.17, 15) is 4.79 Å². The van der Waals surface area contributed by atoms with E-state index in [0.29, 0.717) is 66.4 Å². The van der Waals surface area contributed by atoms with Gasteiger partial charge in [-0.15, -0.1) is 0 Å². The van der Waals surface area contributed by atoms with Crippen molar-refractivity contribution in [1.82, 2.24) is 24.6 Å². The molecule has 1 unspecified atom stereocenters. The molecule has 1 amide bonds. The molecule has 2 aliphatic heterocycles. The lowest BCUT2D eigenvalue weighted by Gasteiger charge is -2.32. The molecule has 0 bridgehead atoms. The van der Waals surface area contributed by atoms with Crippen LogP contribution in [0.15, 0.2) is 60.8 Å². The van der Waals surface area contributed by atoms with Crippen molar-refractivity contribution in [2.45, 2.75) is 37.8 Å². The molecule has 2 aromatic heterocycles. The number of amides is 1. The standard InChI is InChI=1S/C36H36Cl2FN5O3/c1-42-15-5-9-24(42)21-47-36-27-20-40-44(23-13-16-43(17-14-23)30(45)12-6-18-46-2)35(27)26-19-29(38)32(33(39)34(26)41-36)25-10-3-7-22-8-4-11-28(37)31(22)25/h3-4,6-8,10-12,19-20,23-24H,5,9,13-18,21H2,1-2H3/b12-6+. The van der Waals surface area contributed by atoms with Gasteiger partial charge in [-0.2, -0.15) is 5.10 Å². The van der Waals surface area contributed by atoms with Crippen molar-refractivity contribution < 1.29 is 18.7 Å². The van der Waals surface area contributed by atoms with Crippen LogP contribution in [-0.4, -0.2) is 83.5 Å². The van der Waals surface area contributed by atoms with Crippen LogP contribution in [0, 0.1) is 5.82 Å². The minimum absolute atomic E-state index is 0.0164. The number of nitrogens with zero attached hydrogens (tertiary/aromatic N) is 5. The zero-order chi connectivity index (χ0) is 32.7. The zero-order valence-corrected chi connectivity index (χ0v) is 27.9. The topological polar surface area (TPSA) is 72.7 Å². The number of methoxy groups -OCH3 is 1. The number of aromatic nitrogens is 3. The van der Waals surface area contributed by atoms with Crippen molar-refractivity contribution >= 4 is 61.7 Å². The summed E-state index contributed by atoms with van der Waals surface area (Å²) in [4.78, 5) is 21.6. The lowest BCUT2D eigenvalue weighted by atomic mass is 9.96. The van der Waals surface area contributed by atoms with E-state index >= 15 is 4.39 Å². The van der Waals surface area contributed by atoms with Gasteiger partial charge in [0, 0.05) is 53.7 Å². The average molecular weight is 677 g/mol. The van der Waals surface area contributed by atoms with E-state index in [4.69, 9.17) is 42.8 Å². The number of rotatable bonds is 8. The molecule has 47 heavy (non-hydrogen) atoms. The Kier molecular flexibility index (Phi) is 9.07. The predicted molar refractivity (Wildman–Crippen MR) is 185 cm³/mol. The van der Waals surface area contributed by atoms with Crippen molar-refractivity contribution in [3.63, 3.8) is 0 Å². The van der Waals surface area contributed by atoms with E-state index in [1.165, 1.54) is 0 Å². The van der Waals surface area contributed by atoms with Gasteiger partial charge in [-0.1, -0.05) is 59.6 Å². The van der Waals surface area contributed by atoms with Crippen LogP contribution in [0.3, 0.4) is 0 Å². The lowest BCUT2D eigenvalue weighted by Crippen LogP contribution is -2.38. The fourth-order valence-electron chi connectivity index (χ4n) is 7.03. The first-order chi connectivity index (χ1) is 22.9. The number of benzene rings is 3. The number of piperidine rings is 1. The quantitative estimate of drug-likeness (QED) is 0.157. The van der Waals surface area contributed by atoms with Gasteiger partial charge in [-0.05, 0) is 62.4 Å². The molecule has 0 saturated carbocycles. The molecule has 4 heterocycles. The van der Waals surface area contributed by atoms with Gasteiger partial charge >= 0.3 is 0 Å². The Hall–Kier alpha value is -3.76. The van der Waals surface area contributed by atoms with Crippen molar-refractivity contribution in [2.75, 3.05) is 47.0 Å². The largest absolute Gasteiger partial charge is 0.475 e. The summed E-state index contributed by atoms with van der Waals surface area (Å²) in [5, 5.41) is 8.45. The summed E-state index contributed by atoms with van der Waals surface area (Å²) in [6, 6.07) is 13.3. The smallest absolute Gasteiger partial charge is 0.246 e. The van der Waals surface area contributed by atoms with Gasteiger partial charge in [0.15, 0.2) is 5.82 Å². The number of ether oxygens (including phenoxy) is 2. The van der Waals surface area contributed by atoms with Crippen LogP contribution in [0.25, 0.3) is 43.7 Å². The lowest BCUT2D eigenvalue weighted by molar-refractivity contribution is -0.127. The van der Waals surface area contributed by atoms with E-state index in [0.717, 1.165) is 35.7 Å². The van der Waals surface area contributed by atoms with Gasteiger partial charge in [0.05, 0.1) is 34.8 Å². The monoisotopic (exact) mass is 675 g/mol. The maximum atomic E-state index is 17.0. The number of likely N-dealkylation sites (tertiary alicyclic amines) is 2. The Bertz CT molecular complexity index is 2000. The van der Waals surface area contributed by atoms with Crippen molar-refractivity contribution in [3.8, 4) is 17.0 Å². The Morgan fingerprint density at radius 2 is 1.85 bits per heavy atom. The molecular formula is C36H36Cl2FN5O3. The predicted octanol–water partition coefficient (Wildman–Crippen LogP) is 7.69. The molecule has 2 aliphatic rings. The van der Waals surface area contributed by atoms with Gasteiger partial charge in [-0.25, -0.2) is 9.37 Å². The number of hydrogen-bond acceptors (Lipinski definition) is 6. The summed E-state index contributed by atoms with van der Waals surface area (Å²) in [7, 11) is 3.69. The molecular weight excluding hydrogens is 640 g/mol. The third-order valence-electron chi connectivity index (χ3n) is 9.54. The van der Waals surface area contributed by atoms with E-state index in [1.54, 1.807) is 37.6 Å². The minimum Gasteiger partial charge on any atom is -0.475 e. The normalized spacial score (nSPS) is 18.0. The van der Waals surface area contributed by atoms with Crippen molar-refractivity contribution in [2.24, 2.45) is 0 Å². The number of fused-ring (bicyclic) bond motifs is 4. The molecule has 7 rings (SSSR count). The van der Waals surface area contributed by atoms with Gasteiger partial charge in [0.2, 0.25) is 11.8 Å². The van der Waals surface area contributed by atoms with Crippen LogP contribution in [-0.2, 0) is 9.53 Å². The first-order valence-corrected chi connectivity index (χ1v) is 16.7. The highest BCUT2D eigenvalue weighted by molar-refractivity contribution is 6.38. The maximum Gasteiger partial charge on any atom is 0.246 e. The summed E-state index contributed by atoms with van der Waals surface area (Å²) in [5.74, 6) is -0.235. The molecule has 0 spiro atoms. The van der Waals surface area contributed by atoms with Gasteiger partial charge < -0.3 is 19.3 Å². The number of pyridine rings is 1. The highest BCUT2D eigenvalue weighted by Gasteiger charge is 2.29. The van der Waals surface area contributed by atoms with Gasteiger partial charge in [-0.3, -0.25) is 9.48 Å². The Balaban J connectivity index is 1.34. The van der Waals surface area contributed by atoms with Crippen molar-refractivity contribution in [1.29, 1.82) is 0 Å². The van der Waals surface area contributed by atoms with Crippen LogP contribution in [0.2, 0.25) is 10.0 Å². The number of carbonyl (C=O) groups is 1. The number of carbonyl (C=O) groups excluding carboxylic acids is 1. The highest BCUT2D eigenvalue weighted by atomic mass is 35.5. The first kappa shape index (κ1) is 31.8. The molecule has 0 N–H and O–H groups in total. The summed E-state index contributed by atoms with van der Waals surface area (Å²) in [6.45, 7) is 2.99. The third kappa shape index (κ3) is 5.95. The van der Waals surface area contributed by atoms with E-state index in [1.807, 2.05) is 39.9 Å². The Labute approximate surface area is 282 Å². The summed E-state index contributed by atoms with van der Waals surface area (Å²) >= 11 is 13.6. The Morgan fingerprint density at radius 1 is 1.06 bits per heavy atom. The van der Waals surface area contributed by atoms with Crippen LogP contribution in [0.1, 0.15) is 31.7 Å². The molecule has 11 heteroatoms. The molecule has 5 aromatic rings. The average Bonchev–Trinajstić information content (AvgIpc) is 3.71. The fourth-order valence-corrected chi connectivity index (χ4v) is 7.61. The SMILES string of the molecule is COC/C=C/C(=O)N1CCC(n2ncc3c(OCC4CCCN4C)nc4c(F)c(-c5cccc6cccc(Cl)c56)c(Cl)cc4c32)CC1. The maximum absolute atomic E-state index is 17.0. The van der Waals surface area contributed by atoms with Gasteiger partial charge in [0.25, 0.3) is 0 Å². The molecule has 8 nitrogen and oxygen atoms in total. The van der Waals surface area contributed by atoms with E-state index < -0.39 is 5.82 Å². The molecule has 244 valence electrons. The van der Waals surface area contributed by atoms with E-state index in [2.05, 4.69) is 11.9 Å². The molecule has 0 aliphatic carbocycles. The fraction of sp³-hybridized carbons (Fsp3) is 0.361. The molecule has 0 radical (unpaired) electrons. The number of hydrogen-bond donors (Lipinski definition) is 0. The molecule has 1 atom stereocenters. The van der Waals surface area contributed by atoms with Crippen molar-refractivity contribution in [3.05, 3.63) is 76.7 Å². The highest BCUT2D eigenvalue weighted by Crippen LogP contribution is 2.44. The second-order valence-corrected chi connectivity index (χ2v) is 13.2. The van der Waals surface area contributed by atoms with Gasteiger partial charge in [0.1, 0.15) is 12.1 Å². The van der Waals surface area contributed by atoms with Crippen LogP contribution >= 0.6 is 23.2 Å². The summed E-state index contributed by atoms with van der Waals surface area (Å²) < 4.78 is 30.4. The third-order valence-corrected chi connectivity index (χ3v) is 10.2. The number of likely N-dealkylation sites (N-methyl/N-ethyl adjacent to an activating group) is 1. The molecule has 2 fully saturated rings. The second kappa shape index (κ2) is 13.4. The van der Waals surface area contributed by atoms with Crippen LogP contribution in [0.4, 0.5) is 4.39 Å². The Morgan fingerprint density at radius 3 is 2.60 bits per heavy atom. The van der Waals surface area contributed by atoms with Crippen LogP contribution in [0.5, 0.6) is 5.88 Å². The zero-order valence-electron chi connectivity index (χ0n) is 26.4.